The number of aliphatic hydroxyl groups excluding tert-OH is 1. The van der Waals surface area contributed by atoms with E-state index in [2.05, 4.69) is 4.98 Å². The molecule has 0 radical (unpaired) electrons. The molecule has 1 aliphatic rings. The van der Waals surface area contributed by atoms with E-state index in [1.54, 1.807) is 27.8 Å². The van der Waals surface area contributed by atoms with E-state index in [-0.39, 0.29) is 30.5 Å². The first-order chi connectivity index (χ1) is 11.7. The number of carbonyl (C=O) groups is 1. The van der Waals surface area contributed by atoms with E-state index in [0.717, 1.165) is 5.56 Å². The van der Waals surface area contributed by atoms with Gasteiger partial charge in [-0.2, -0.15) is 0 Å². The number of rotatable bonds is 3. The van der Waals surface area contributed by atoms with E-state index in [1.807, 2.05) is 6.07 Å². The largest absolute Gasteiger partial charge is 0.444 e. The topological polar surface area (TPSA) is 75.8 Å². The normalized spacial score (nSPS) is 17.0. The third-order valence-corrected chi connectivity index (χ3v) is 4.20. The van der Waals surface area contributed by atoms with Crippen LogP contribution in [0.3, 0.4) is 0 Å². The van der Waals surface area contributed by atoms with Crippen LogP contribution in [0.1, 0.15) is 37.8 Å². The summed E-state index contributed by atoms with van der Waals surface area (Å²) in [6.07, 6.45) is 0.642. The molecule has 25 heavy (non-hydrogen) atoms. The Kier molecular flexibility index (Phi) is 4.45. The molecule has 1 aliphatic carbocycles. The summed E-state index contributed by atoms with van der Waals surface area (Å²) in [5.41, 5.74) is 1.40. The fraction of sp³-hybridized carbons (Fsp3) is 0.556. The van der Waals surface area contributed by atoms with Crippen LogP contribution in [0.25, 0.3) is 11.1 Å². The lowest BCUT2D eigenvalue weighted by atomic mass is 10.1. The monoisotopic (exact) mass is 350 g/mol. The Morgan fingerprint density at radius 2 is 2.20 bits per heavy atom. The van der Waals surface area contributed by atoms with Gasteiger partial charge in [0, 0.05) is 13.7 Å². The number of halogens is 1. The van der Waals surface area contributed by atoms with E-state index in [0.29, 0.717) is 23.9 Å². The average molecular weight is 350 g/mol. The Morgan fingerprint density at radius 3 is 2.84 bits per heavy atom. The number of fused-ring (bicyclic) bond motifs is 2. The van der Waals surface area contributed by atoms with Gasteiger partial charge in [-0.25, -0.2) is 14.2 Å². The maximum absolute atomic E-state index is 14.7. The SMILES string of the molecule is CN(Cc1nc2cc3c(c(F)c2o1)CC(CO)C3)C(=O)OC(C)(C)C. The molecular formula is C18H23FN2O4. The number of nitrogens with zero attached hydrogens (tertiary/aromatic N) is 2. The van der Waals surface area contributed by atoms with Crippen molar-refractivity contribution in [2.45, 2.75) is 45.8 Å². The summed E-state index contributed by atoms with van der Waals surface area (Å²) in [6, 6.07) is 1.81. The second-order valence-electron chi connectivity index (χ2n) is 7.58. The van der Waals surface area contributed by atoms with Gasteiger partial charge in [-0.05, 0) is 56.7 Å². The number of benzene rings is 1. The molecule has 6 nitrogen and oxygen atoms in total. The Bertz CT molecular complexity index is 809. The molecule has 1 aromatic heterocycles. The molecule has 3 rings (SSSR count). The lowest BCUT2D eigenvalue weighted by molar-refractivity contribution is 0.0272. The van der Waals surface area contributed by atoms with Gasteiger partial charge in [0.25, 0.3) is 0 Å². The highest BCUT2D eigenvalue weighted by Crippen LogP contribution is 2.34. The first kappa shape index (κ1) is 17.7. The van der Waals surface area contributed by atoms with Crippen LogP contribution in [0.15, 0.2) is 10.5 Å². The number of hydrogen-bond donors (Lipinski definition) is 1. The number of carbonyl (C=O) groups excluding carboxylic acids is 1. The van der Waals surface area contributed by atoms with Crippen LogP contribution in [-0.2, 0) is 24.1 Å². The van der Waals surface area contributed by atoms with E-state index in [9.17, 15) is 14.3 Å². The average Bonchev–Trinajstić information content (AvgIpc) is 3.09. The van der Waals surface area contributed by atoms with Crippen molar-refractivity contribution in [3.63, 3.8) is 0 Å². The van der Waals surface area contributed by atoms with Crippen molar-refractivity contribution in [3.05, 3.63) is 28.9 Å². The predicted octanol–water partition coefficient (Wildman–Crippen LogP) is 3.04. The van der Waals surface area contributed by atoms with Gasteiger partial charge in [0.05, 0.1) is 0 Å². The maximum Gasteiger partial charge on any atom is 0.410 e. The molecule has 1 N–H and O–H groups in total. The fourth-order valence-electron chi connectivity index (χ4n) is 3.04. The summed E-state index contributed by atoms with van der Waals surface area (Å²) in [5.74, 6) is -0.111. The van der Waals surface area contributed by atoms with Crippen molar-refractivity contribution < 1.29 is 23.4 Å². The van der Waals surface area contributed by atoms with E-state index < -0.39 is 17.5 Å². The standard InChI is InChI=1S/C18H23FN2O4/c1-18(2,3)25-17(23)21(4)8-14-20-13-7-11-5-10(9-22)6-12(11)15(19)16(13)24-14/h7,10,22H,5-6,8-9H2,1-4H3. The van der Waals surface area contributed by atoms with Crippen molar-refractivity contribution in [1.29, 1.82) is 0 Å². The third-order valence-electron chi connectivity index (χ3n) is 4.20. The van der Waals surface area contributed by atoms with Crippen LogP contribution >= 0.6 is 0 Å². The zero-order valence-electron chi connectivity index (χ0n) is 14.9. The molecule has 1 unspecified atom stereocenters. The van der Waals surface area contributed by atoms with Gasteiger partial charge in [0.1, 0.15) is 17.7 Å². The Hall–Kier alpha value is -2.15. The predicted molar refractivity (Wildman–Crippen MR) is 89.7 cm³/mol. The molecular weight excluding hydrogens is 327 g/mol. The number of amides is 1. The zero-order chi connectivity index (χ0) is 18.4. The molecule has 0 saturated heterocycles. The minimum Gasteiger partial charge on any atom is -0.444 e. The summed E-state index contributed by atoms with van der Waals surface area (Å²) in [7, 11) is 1.57. The molecule has 136 valence electrons. The van der Waals surface area contributed by atoms with E-state index in [1.165, 1.54) is 4.90 Å². The molecule has 1 heterocycles. The van der Waals surface area contributed by atoms with Crippen LogP contribution < -0.4 is 0 Å². The van der Waals surface area contributed by atoms with Crippen molar-refractivity contribution in [2.24, 2.45) is 5.92 Å². The van der Waals surface area contributed by atoms with Gasteiger partial charge in [-0.3, -0.25) is 0 Å². The summed E-state index contributed by atoms with van der Waals surface area (Å²) < 4.78 is 25.5. The first-order valence-corrected chi connectivity index (χ1v) is 8.32. The van der Waals surface area contributed by atoms with Gasteiger partial charge in [-0.1, -0.05) is 0 Å². The molecule has 2 aromatic rings. The molecule has 0 fully saturated rings. The molecule has 0 bridgehead atoms. The highest BCUT2D eigenvalue weighted by Gasteiger charge is 2.28. The number of hydrogen-bond acceptors (Lipinski definition) is 5. The Balaban J connectivity index is 1.81. The molecule has 1 amide bonds. The number of oxazole rings is 1. The van der Waals surface area contributed by atoms with Crippen molar-refractivity contribution in [2.75, 3.05) is 13.7 Å². The Labute approximate surface area is 145 Å². The quantitative estimate of drug-likeness (QED) is 0.921. The van der Waals surface area contributed by atoms with Gasteiger partial charge >= 0.3 is 6.09 Å². The van der Waals surface area contributed by atoms with Gasteiger partial charge in [0.2, 0.25) is 5.89 Å². The second-order valence-corrected chi connectivity index (χ2v) is 7.58. The molecule has 0 saturated carbocycles. The van der Waals surface area contributed by atoms with Crippen molar-refractivity contribution in [3.8, 4) is 0 Å². The molecule has 7 heteroatoms. The lowest BCUT2D eigenvalue weighted by Crippen LogP contribution is -2.33. The summed E-state index contributed by atoms with van der Waals surface area (Å²) in [6.45, 7) is 5.49. The zero-order valence-corrected chi connectivity index (χ0v) is 14.9. The number of aliphatic hydroxyl groups is 1. The lowest BCUT2D eigenvalue weighted by Gasteiger charge is -2.23. The van der Waals surface area contributed by atoms with Crippen LogP contribution in [-0.4, -0.2) is 40.3 Å². The third kappa shape index (κ3) is 3.61. The highest BCUT2D eigenvalue weighted by molar-refractivity contribution is 5.76. The Morgan fingerprint density at radius 1 is 1.48 bits per heavy atom. The van der Waals surface area contributed by atoms with Crippen LogP contribution in [0.2, 0.25) is 0 Å². The summed E-state index contributed by atoms with van der Waals surface area (Å²) in [4.78, 5) is 17.7. The molecule has 0 aliphatic heterocycles. The maximum atomic E-state index is 14.7. The fourth-order valence-corrected chi connectivity index (χ4v) is 3.04. The van der Waals surface area contributed by atoms with Gasteiger partial charge in [-0.15, -0.1) is 0 Å². The molecule has 1 atom stereocenters. The minimum atomic E-state index is -0.594. The second kappa shape index (κ2) is 6.29. The van der Waals surface area contributed by atoms with Crippen LogP contribution in [0.4, 0.5) is 9.18 Å². The van der Waals surface area contributed by atoms with Crippen molar-refractivity contribution in [1.82, 2.24) is 9.88 Å². The van der Waals surface area contributed by atoms with Crippen LogP contribution in [0.5, 0.6) is 0 Å². The number of aromatic nitrogens is 1. The minimum absolute atomic E-state index is 0.0366. The summed E-state index contributed by atoms with van der Waals surface area (Å²) >= 11 is 0. The summed E-state index contributed by atoms with van der Waals surface area (Å²) in [5, 5.41) is 9.28. The molecule has 0 spiro atoms. The van der Waals surface area contributed by atoms with E-state index >= 15 is 0 Å². The van der Waals surface area contributed by atoms with Crippen molar-refractivity contribution >= 4 is 17.2 Å². The number of ether oxygens (including phenoxy) is 1. The van der Waals surface area contributed by atoms with E-state index in [4.69, 9.17) is 9.15 Å². The van der Waals surface area contributed by atoms with Gasteiger partial charge < -0.3 is 19.2 Å². The van der Waals surface area contributed by atoms with Crippen LogP contribution in [0, 0.1) is 11.7 Å². The highest BCUT2D eigenvalue weighted by atomic mass is 19.1. The first-order valence-electron chi connectivity index (χ1n) is 8.32. The smallest absolute Gasteiger partial charge is 0.410 e. The van der Waals surface area contributed by atoms with Gasteiger partial charge in [0.15, 0.2) is 11.4 Å². The molecule has 1 aromatic carbocycles.